The summed E-state index contributed by atoms with van der Waals surface area (Å²) < 4.78 is 9.06. The Bertz CT molecular complexity index is 478. The van der Waals surface area contributed by atoms with Crippen molar-refractivity contribution in [1.82, 2.24) is 9.13 Å². The molecule has 0 atom stereocenters. The molecule has 0 unspecified atom stereocenters. The van der Waals surface area contributed by atoms with Crippen LogP contribution in [0.15, 0.2) is 37.4 Å². The lowest BCUT2D eigenvalue weighted by atomic mass is 10.1. The summed E-state index contributed by atoms with van der Waals surface area (Å²) >= 11 is 0. The van der Waals surface area contributed by atoms with Crippen molar-refractivity contribution in [1.29, 1.82) is 0 Å². The van der Waals surface area contributed by atoms with Crippen LogP contribution < -0.4 is 9.13 Å². The highest BCUT2D eigenvalue weighted by atomic mass is 15.1. The van der Waals surface area contributed by atoms with Crippen LogP contribution in [0, 0.1) is 0 Å². The Morgan fingerprint density at radius 2 is 1.05 bits per heavy atom. The molecule has 0 saturated carbocycles. The van der Waals surface area contributed by atoms with E-state index >= 15 is 0 Å². The predicted molar refractivity (Wildman–Crippen MR) is 88.3 cm³/mol. The van der Waals surface area contributed by atoms with Gasteiger partial charge in [-0.2, -0.15) is 0 Å². The molecule has 0 aliphatic carbocycles. The SMILES string of the molecule is CCn1cc[n+](CCCCCCCC[n+]2ccn(CC)c2)c1. The first-order valence-electron chi connectivity index (χ1n) is 8.91. The molecule has 2 heterocycles. The Morgan fingerprint density at radius 1 is 0.636 bits per heavy atom. The molecule has 4 nitrogen and oxygen atoms in total. The highest BCUT2D eigenvalue weighted by molar-refractivity contribution is 4.65. The van der Waals surface area contributed by atoms with Gasteiger partial charge in [-0.1, -0.05) is 12.8 Å². The van der Waals surface area contributed by atoms with Crippen LogP contribution in [0.3, 0.4) is 0 Å². The van der Waals surface area contributed by atoms with Crippen molar-refractivity contribution in [2.24, 2.45) is 0 Å². The van der Waals surface area contributed by atoms with Gasteiger partial charge in [-0.15, -0.1) is 0 Å². The smallest absolute Gasteiger partial charge is 0.237 e. The van der Waals surface area contributed by atoms with Crippen LogP contribution in [0.1, 0.15) is 52.4 Å². The first kappa shape index (κ1) is 16.8. The van der Waals surface area contributed by atoms with E-state index < -0.39 is 0 Å². The number of hydrogen-bond acceptors (Lipinski definition) is 0. The van der Waals surface area contributed by atoms with E-state index in [4.69, 9.17) is 0 Å². The summed E-state index contributed by atoms with van der Waals surface area (Å²) in [5, 5.41) is 0. The summed E-state index contributed by atoms with van der Waals surface area (Å²) in [7, 11) is 0. The quantitative estimate of drug-likeness (QED) is 0.449. The lowest BCUT2D eigenvalue weighted by Crippen LogP contribution is -2.31. The van der Waals surface area contributed by atoms with E-state index in [1.165, 1.54) is 38.5 Å². The average molecular weight is 304 g/mol. The molecule has 0 aliphatic heterocycles. The van der Waals surface area contributed by atoms with Gasteiger partial charge in [0.1, 0.15) is 24.8 Å². The lowest BCUT2D eigenvalue weighted by molar-refractivity contribution is -0.697. The number of hydrogen-bond donors (Lipinski definition) is 0. The van der Waals surface area contributed by atoms with E-state index in [1.54, 1.807) is 0 Å². The van der Waals surface area contributed by atoms with Crippen LogP contribution in [-0.2, 0) is 26.2 Å². The first-order valence-corrected chi connectivity index (χ1v) is 8.91. The molecule has 0 saturated heterocycles. The molecule has 0 bridgehead atoms. The van der Waals surface area contributed by atoms with Crippen molar-refractivity contribution >= 4 is 0 Å². The second-order valence-electron chi connectivity index (χ2n) is 6.09. The van der Waals surface area contributed by atoms with Crippen LogP contribution in [-0.4, -0.2) is 9.13 Å². The second-order valence-corrected chi connectivity index (χ2v) is 6.09. The standard InChI is InChI=1S/C18H32N4/c1-3-19-13-15-21(17-19)11-9-7-5-6-8-10-12-22-16-14-20(4-2)18-22/h13-18H,3-12H2,1-2H3/q+2. The maximum absolute atomic E-state index is 2.30. The minimum absolute atomic E-state index is 1.06. The van der Waals surface area contributed by atoms with Gasteiger partial charge in [0.25, 0.3) is 0 Å². The largest absolute Gasteiger partial charge is 0.243 e. The molecule has 0 aromatic carbocycles. The van der Waals surface area contributed by atoms with E-state index in [0.29, 0.717) is 0 Å². The molecule has 0 radical (unpaired) electrons. The molecular weight excluding hydrogens is 272 g/mol. The van der Waals surface area contributed by atoms with Crippen molar-refractivity contribution in [3.8, 4) is 0 Å². The molecular formula is C18H32N4+2. The fraction of sp³-hybridized carbons (Fsp3) is 0.667. The van der Waals surface area contributed by atoms with Gasteiger partial charge in [-0.25, -0.2) is 18.3 Å². The molecule has 2 rings (SSSR count). The van der Waals surface area contributed by atoms with E-state index in [0.717, 1.165) is 26.2 Å². The van der Waals surface area contributed by atoms with Crippen LogP contribution in [0.5, 0.6) is 0 Å². The number of unbranched alkanes of at least 4 members (excludes halogenated alkanes) is 5. The van der Waals surface area contributed by atoms with Crippen LogP contribution in [0.25, 0.3) is 0 Å². The first-order chi connectivity index (χ1) is 10.8. The van der Waals surface area contributed by atoms with Crippen LogP contribution in [0.2, 0.25) is 0 Å². The summed E-state index contributed by atoms with van der Waals surface area (Å²) in [6.07, 6.45) is 21.1. The van der Waals surface area contributed by atoms with Crippen molar-refractivity contribution in [3.63, 3.8) is 0 Å². The third kappa shape index (κ3) is 5.66. The summed E-state index contributed by atoms with van der Waals surface area (Å²) in [4.78, 5) is 0. The van der Waals surface area contributed by atoms with Gasteiger partial charge in [0.2, 0.25) is 12.7 Å². The zero-order valence-corrected chi connectivity index (χ0v) is 14.3. The van der Waals surface area contributed by atoms with E-state index in [9.17, 15) is 0 Å². The fourth-order valence-corrected chi connectivity index (χ4v) is 2.81. The fourth-order valence-electron chi connectivity index (χ4n) is 2.81. The van der Waals surface area contributed by atoms with Gasteiger partial charge in [0.15, 0.2) is 0 Å². The van der Waals surface area contributed by atoms with E-state index in [-0.39, 0.29) is 0 Å². The summed E-state index contributed by atoms with van der Waals surface area (Å²) in [6.45, 7) is 8.81. The maximum Gasteiger partial charge on any atom is 0.243 e. The van der Waals surface area contributed by atoms with E-state index in [2.05, 4.69) is 69.6 Å². The normalized spacial score (nSPS) is 11.2. The van der Waals surface area contributed by atoms with Crippen molar-refractivity contribution in [3.05, 3.63) is 37.4 Å². The second kappa shape index (κ2) is 9.44. The Hall–Kier alpha value is -1.58. The molecule has 22 heavy (non-hydrogen) atoms. The molecule has 0 aliphatic rings. The zero-order chi connectivity index (χ0) is 15.6. The van der Waals surface area contributed by atoms with Gasteiger partial charge >= 0.3 is 0 Å². The topological polar surface area (TPSA) is 17.6 Å². The number of aromatic nitrogens is 4. The highest BCUT2D eigenvalue weighted by Crippen LogP contribution is 2.05. The van der Waals surface area contributed by atoms with E-state index in [1.807, 2.05) is 0 Å². The third-order valence-corrected chi connectivity index (χ3v) is 4.31. The molecule has 0 fully saturated rings. The van der Waals surface area contributed by atoms with Crippen molar-refractivity contribution in [2.45, 2.75) is 78.6 Å². The molecule has 2 aromatic rings. The number of imidazole rings is 2. The average Bonchev–Trinajstić information content (AvgIpc) is 3.18. The monoisotopic (exact) mass is 304 g/mol. The Balaban J connectivity index is 1.45. The Labute approximate surface area is 135 Å². The minimum atomic E-state index is 1.06. The van der Waals surface area contributed by atoms with Gasteiger partial charge in [0.05, 0.1) is 26.2 Å². The van der Waals surface area contributed by atoms with Gasteiger partial charge in [-0.05, 0) is 39.5 Å². The van der Waals surface area contributed by atoms with Crippen molar-refractivity contribution < 1.29 is 9.13 Å². The Kier molecular flexibility index (Phi) is 7.20. The van der Waals surface area contributed by atoms with Gasteiger partial charge in [-0.3, -0.25) is 0 Å². The van der Waals surface area contributed by atoms with Gasteiger partial charge < -0.3 is 0 Å². The van der Waals surface area contributed by atoms with Crippen LogP contribution in [0.4, 0.5) is 0 Å². The molecule has 0 spiro atoms. The van der Waals surface area contributed by atoms with Crippen molar-refractivity contribution in [2.75, 3.05) is 0 Å². The summed E-state index contributed by atoms with van der Waals surface area (Å²) in [5.74, 6) is 0. The molecule has 122 valence electrons. The summed E-state index contributed by atoms with van der Waals surface area (Å²) in [6, 6.07) is 0. The minimum Gasteiger partial charge on any atom is -0.237 e. The predicted octanol–water partition coefficient (Wildman–Crippen LogP) is 2.95. The maximum atomic E-state index is 2.30. The van der Waals surface area contributed by atoms with Gasteiger partial charge in [0, 0.05) is 0 Å². The number of aryl methyl sites for hydroxylation is 4. The lowest BCUT2D eigenvalue weighted by Gasteiger charge is -2.00. The number of nitrogens with zero attached hydrogens (tertiary/aromatic N) is 4. The zero-order valence-electron chi connectivity index (χ0n) is 14.3. The highest BCUT2D eigenvalue weighted by Gasteiger charge is 2.02. The molecule has 0 N–H and O–H groups in total. The number of rotatable bonds is 11. The third-order valence-electron chi connectivity index (χ3n) is 4.31. The molecule has 2 aromatic heterocycles. The molecule has 0 amide bonds. The van der Waals surface area contributed by atoms with Crippen LogP contribution >= 0.6 is 0 Å². The molecule has 4 heteroatoms. The summed E-state index contributed by atoms with van der Waals surface area (Å²) in [5.41, 5.74) is 0. The Morgan fingerprint density at radius 3 is 1.41 bits per heavy atom.